The quantitative estimate of drug-likeness (QED) is 0.424. The van der Waals surface area contributed by atoms with Crippen molar-refractivity contribution in [2.75, 3.05) is 13.2 Å². The van der Waals surface area contributed by atoms with E-state index in [4.69, 9.17) is 0 Å². The molecule has 0 saturated carbocycles. The highest BCUT2D eigenvalue weighted by atomic mass is 19.4. The van der Waals surface area contributed by atoms with Gasteiger partial charge in [-0.05, 0) is 0 Å². The molecule has 0 aliphatic rings. The molecule has 0 aromatic rings. The number of hydrogen-bond acceptors (Lipinski definition) is 5. The highest BCUT2D eigenvalue weighted by Gasteiger charge is 2.68. The number of halogens is 6. The van der Waals surface area contributed by atoms with Gasteiger partial charge in [0.05, 0.1) is 0 Å². The second-order valence-electron chi connectivity index (χ2n) is 3.15. The van der Waals surface area contributed by atoms with Crippen LogP contribution in [0.3, 0.4) is 0 Å². The van der Waals surface area contributed by atoms with Crippen LogP contribution < -0.4 is 5.11 Å². The van der Waals surface area contributed by atoms with E-state index in [2.05, 4.69) is 9.47 Å². The van der Waals surface area contributed by atoms with E-state index in [0.717, 1.165) is 6.92 Å². The standard InChI is InChI=1S/C8H7F6O5/c1-4(15)18-2-3-19-5(16)6(17,7(9,10)11)8(12,13)14/h2-3H2,1H3/q-1. The van der Waals surface area contributed by atoms with Crippen molar-refractivity contribution < 1.29 is 50.5 Å². The maximum Gasteiger partial charge on any atom is 0.399 e. The van der Waals surface area contributed by atoms with Gasteiger partial charge in [-0.2, -0.15) is 26.3 Å². The van der Waals surface area contributed by atoms with Gasteiger partial charge in [0.2, 0.25) is 0 Å². The molecule has 19 heavy (non-hydrogen) atoms. The minimum absolute atomic E-state index is 0.771. The molecule has 0 saturated heterocycles. The highest BCUT2D eigenvalue weighted by molar-refractivity contribution is 5.81. The molecule has 0 bridgehead atoms. The van der Waals surface area contributed by atoms with Crippen LogP contribution in [0.25, 0.3) is 0 Å². The molecule has 0 radical (unpaired) electrons. The number of hydrogen-bond donors (Lipinski definition) is 0. The summed E-state index contributed by atoms with van der Waals surface area (Å²) < 4.78 is 80.1. The summed E-state index contributed by atoms with van der Waals surface area (Å²) in [5, 5.41) is 10.7. The predicted molar refractivity (Wildman–Crippen MR) is 42.4 cm³/mol. The lowest BCUT2D eigenvalue weighted by atomic mass is 10.0. The SMILES string of the molecule is CC(=O)OCCOC(=O)C([O-])(C(F)(F)F)C(F)(F)F. The molecule has 0 aliphatic carbocycles. The first-order chi connectivity index (χ1) is 8.34. The summed E-state index contributed by atoms with van der Waals surface area (Å²) in [5.74, 6) is -3.95. The second-order valence-corrected chi connectivity index (χ2v) is 3.15. The number of esters is 2. The summed E-state index contributed by atoms with van der Waals surface area (Å²) >= 11 is 0. The van der Waals surface area contributed by atoms with Gasteiger partial charge in [0.15, 0.2) is 5.60 Å². The van der Waals surface area contributed by atoms with Crippen molar-refractivity contribution in [3.63, 3.8) is 0 Å². The largest absolute Gasteiger partial charge is 0.828 e. The first kappa shape index (κ1) is 17.5. The maximum atomic E-state index is 12.1. The molecular weight excluding hydrogens is 290 g/mol. The summed E-state index contributed by atoms with van der Waals surface area (Å²) in [5.41, 5.74) is -5.88. The molecular formula is C8H7F6O5-. The monoisotopic (exact) mass is 297 g/mol. The Balaban J connectivity index is 4.83. The van der Waals surface area contributed by atoms with Crippen molar-refractivity contribution in [2.45, 2.75) is 24.9 Å². The number of carbonyl (C=O) groups is 2. The van der Waals surface area contributed by atoms with Crippen LogP contribution in [0.1, 0.15) is 6.92 Å². The minimum atomic E-state index is -6.41. The fourth-order valence-corrected chi connectivity index (χ4v) is 0.814. The zero-order chi connectivity index (χ0) is 15.5. The van der Waals surface area contributed by atoms with Crippen LogP contribution in [0, 0.1) is 0 Å². The molecule has 0 spiro atoms. The molecule has 0 N–H and O–H groups in total. The molecule has 0 atom stereocenters. The lowest BCUT2D eigenvalue weighted by molar-refractivity contribution is -0.574. The zero-order valence-corrected chi connectivity index (χ0v) is 9.22. The van der Waals surface area contributed by atoms with Gasteiger partial charge in [0.25, 0.3) is 0 Å². The molecule has 0 heterocycles. The van der Waals surface area contributed by atoms with Gasteiger partial charge in [0.1, 0.15) is 13.2 Å². The third-order valence-electron chi connectivity index (χ3n) is 1.71. The van der Waals surface area contributed by atoms with Crippen molar-refractivity contribution >= 4 is 11.9 Å². The van der Waals surface area contributed by atoms with E-state index in [1.54, 1.807) is 0 Å². The van der Waals surface area contributed by atoms with E-state index in [-0.39, 0.29) is 0 Å². The normalized spacial score (nSPS) is 13.1. The van der Waals surface area contributed by atoms with Gasteiger partial charge in [-0.1, -0.05) is 0 Å². The van der Waals surface area contributed by atoms with E-state index >= 15 is 0 Å². The smallest absolute Gasteiger partial charge is 0.399 e. The Bertz CT molecular complexity index is 333. The van der Waals surface area contributed by atoms with E-state index in [1.165, 1.54) is 0 Å². The van der Waals surface area contributed by atoms with Crippen LogP contribution in [0.5, 0.6) is 0 Å². The van der Waals surface area contributed by atoms with Gasteiger partial charge in [-0.25, -0.2) is 0 Å². The number of alkyl halides is 6. The Labute approximate surface area is 102 Å². The van der Waals surface area contributed by atoms with Crippen molar-refractivity contribution in [3.8, 4) is 0 Å². The molecule has 0 amide bonds. The summed E-state index contributed by atoms with van der Waals surface area (Å²) in [6.45, 7) is -0.966. The molecule has 0 rings (SSSR count). The average molecular weight is 297 g/mol. The Hall–Kier alpha value is -1.52. The molecule has 11 heteroatoms. The van der Waals surface area contributed by atoms with E-state index in [9.17, 15) is 41.0 Å². The summed E-state index contributed by atoms with van der Waals surface area (Å²) in [6, 6.07) is 0. The molecule has 0 fully saturated rings. The first-order valence-electron chi connectivity index (χ1n) is 4.48. The molecule has 0 aromatic carbocycles. The fraction of sp³-hybridized carbons (Fsp3) is 0.750. The number of ether oxygens (including phenoxy) is 2. The minimum Gasteiger partial charge on any atom is -0.828 e. The summed E-state index contributed by atoms with van der Waals surface area (Å²) in [4.78, 5) is 20.9. The van der Waals surface area contributed by atoms with Crippen LogP contribution in [0.4, 0.5) is 26.3 Å². The first-order valence-corrected chi connectivity index (χ1v) is 4.48. The van der Waals surface area contributed by atoms with E-state index < -0.39 is 43.1 Å². The lowest BCUT2D eigenvalue weighted by Gasteiger charge is -2.40. The number of carbonyl (C=O) groups excluding carboxylic acids is 2. The zero-order valence-electron chi connectivity index (χ0n) is 9.22. The van der Waals surface area contributed by atoms with Crippen molar-refractivity contribution in [1.29, 1.82) is 0 Å². The number of rotatable bonds is 4. The molecule has 0 aliphatic heterocycles. The van der Waals surface area contributed by atoms with Gasteiger partial charge < -0.3 is 14.6 Å². The fourth-order valence-electron chi connectivity index (χ4n) is 0.814. The van der Waals surface area contributed by atoms with Gasteiger partial charge in [0, 0.05) is 6.92 Å². The Morgan fingerprint density at radius 2 is 1.32 bits per heavy atom. The van der Waals surface area contributed by atoms with E-state index in [0.29, 0.717) is 0 Å². The van der Waals surface area contributed by atoms with Gasteiger partial charge >= 0.3 is 24.3 Å². The summed E-state index contributed by atoms with van der Waals surface area (Å²) in [6.07, 6.45) is -12.8. The molecule has 5 nitrogen and oxygen atoms in total. The van der Waals surface area contributed by atoms with Gasteiger partial charge in [-0.3, -0.25) is 9.59 Å². The average Bonchev–Trinajstić information content (AvgIpc) is 2.19. The van der Waals surface area contributed by atoms with Gasteiger partial charge in [-0.15, -0.1) is 0 Å². The molecule has 112 valence electrons. The Morgan fingerprint density at radius 3 is 1.63 bits per heavy atom. The van der Waals surface area contributed by atoms with Crippen molar-refractivity contribution in [3.05, 3.63) is 0 Å². The second kappa shape index (κ2) is 5.63. The topological polar surface area (TPSA) is 75.7 Å². The lowest BCUT2D eigenvalue weighted by Crippen LogP contribution is -2.71. The Kier molecular flexibility index (Phi) is 5.18. The summed E-state index contributed by atoms with van der Waals surface area (Å²) in [7, 11) is 0. The third kappa shape index (κ3) is 3.98. The van der Waals surface area contributed by atoms with Crippen LogP contribution in [0.15, 0.2) is 0 Å². The van der Waals surface area contributed by atoms with Crippen LogP contribution in [-0.2, 0) is 19.1 Å². The predicted octanol–water partition coefficient (Wildman–Crippen LogP) is 0.316. The van der Waals surface area contributed by atoms with Crippen molar-refractivity contribution in [2.24, 2.45) is 0 Å². The Morgan fingerprint density at radius 1 is 0.947 bits per heavy atom. The van der Waals surface area contributed by atoms with Crippen LogP contribution >= 0.6 is 0 Å². The van der Waals surface area contributed by atoms with Crippen LogP contribution in [0.2, 0.25) is 0 Å². The third-order valence-corrected chi connectivity index (χ3v) is 1.71. The van der Waals surface area contributed by atoms with Crippen LogP contribution in [-0.4, -0.2) is 43.1 Å². The molecule has 0 unspecified atom stereocenters. The highest BCUT2D eigenvalue weighted by Crippen LogP contribution is 2.41. The maximum absolute atomic E-state index is 12.1. The van der Waals surface area contributed by atoms with Crippen molar-refractivity contribution in [1.82, 2.24) is 0 Å². The molecule has 0 aromatic heterocycles. The van der Waals surface area contributed by atoms with E-state index in [1.807, 2.05) is 0 Å².